The van der Waals surface area contributed by atoms with Crippen molar-refractivity contribution in [3.8, 4) is 0 Å². The predicted molar refractivity (Wildman–Crippen MR) is 78.9 cm³/mol. The fourth-order valence-corrected chi connectivity index (χ4v) is 3.98. The van der Waals surface area contributed by atoms with Crippen molar-refractivity contribution in [3.63, 3.8) is 0 Å². The maximum absolute atomic E-state index is 12.9. The van der Waals surface area contributed by atoms with Gasteiger partial charge in [0.15, 0.2) is 5.65 Å². The lowest BCUT2D eigenvalue weighted by Crippen LogP contribution is -2.34. The van der Waals surface area contributed by atoms with Gasteiger partial charge in [-0.3, -0.25) is 4.79 Å². The minimum atomic E-state index is 0.0879. The summed E-state index contributed by atoms with van der Waals surface area (Å²) in [6, 6.07) is 1.78. The lowest BCUT2D eigenvalue weighted by molar-refractivity contribution is 0.0767. The minimum absolute atomic E-state index is 0.0879. The van der Waals surface area contributed by atoms with Crippen LogP contribution in [0.3, 0.4) is 0 Å². The average Bonchev–Trinajstić information content (AvgIpc) is 3.08. The molecule has 2 atom stereocenters. The van der Waals surface area contributed by atoms with E-state index in [0.717, 1.165) is 31.7 Å². The molecule has 0 aliphatic carbocycles. The number of aromatic nitrogens is 3. The average molecular weight is 285 g/mol. The Morgan fingerprint density at radius 2 is 2.24 bits per heavy atom. The normalized spacial score (nSPS) is 29.2. The molecule has 0 aromatic carbocycles. The van der Waals surface area contributed by atoms with Gasteiger partial charge in [0.2, 0.25) is 0 Å². The number of nitrogens with zero attached hydrogens (tertiary/aromatic N) is 4. The smallest absolute Gasteiger partial charge is 0.256 e. The second kappa shape index (κ2) is 4.27. The Kier molecular flexibility index (Phi) is 2.60. The van der Waals surface area contributed by atoms with Crippen molar-refractivity contribution in [2.75, 3.05) is 33.2 Å². The van der Waals surface area contributed by atoms with Crippen LogP contribution in [-0.2, 0) is 0 Å². The number of pyridine rings is 1. The third-order valence-electron chi connectivity index (χ3n) is 4.99. The molecule has 2 aromatic rings. The van der Waals surface area contributed by atoms with Crippen molar-refractivity contribution < 1.29 is 4.79 Å². The Bertz CT molecular complexity index is 711. The highest BCUT2D eigenvalue weighted by molar-refractivity contribution is 6.04. The van der Waals surface area contributed by atoms with Gasteiger partial charge < -0.3 is 14.8 Å². The van der Waals surface area contributed by atoms with Gasteiger partial charge in [0.05, 0.1) is 17.4 Å². The van der Waals surface area contributed by atoms with Crippen LogP contribution < -0.4 is 0 Å². The number of fused-ring (bicyclic) bond motifs is 2. The first-order valence-corrected chi connectivity index (χ1v) is 7.33. The highest BCUT2D eigenvalue weighted by Gasteiger charge is 2.49. The first-order chi connectivity index (χ1) is 10.1. The molecule has 110 valence electrons. The third kappa shape index (κ3) is 1.86. The number of likely N-dealkylation sites (tertiary alicyclic amines) is 2. The third-order valence-corrected chi connectivity index (χ3v) is 4.99. The van der Waals surface area contributed by atoms with Gasteiger partial charge in [-0.05, 0) is 19.0 Å². The molecule has 1 N–H and O–H groups in total. The Labute approximate surface area is 123 Å². The van der Waals surface area contributed by atoms with Crippen LogP contribution in [0.1, 0.15) is 17.3 Å². The van der Waals surface area contributed by atoms with Crippen molar-refractivity contribution in [1.82, 2.24) is 24.8 Å². The number of amides is 1. The van der Waals surface area contributed by atoms with Gasteiger partial charge in [0.1, 0.15) is 0 Å². The van der Waals surface area contributed by atoms with Crippen molar-refractivity contribution in [3.05, 3.63) is 24.2 Å². The van der Waals surface area contributed by atoms with Crippen LogP contribution >= 0.6 is 0 Å². The Balaban J connectivity index is 1.64. The molecule has 6 heteroatoms. The number of carbonyl (C=O) groups excluding carboxylic acids is 1. The van der Waals surface area contributed by atoms with Gasteiger partial charge in [-0.25, -0.2) is 9.97 Å². The van der Waals surface area contributed by atoms with Crippen LogP contribution in [-0.4, -0.2) is 63.9 Å². The van der Waals surface area contributed by atoms with Crippen molar-refractivity contribution >= 4 is 17.1 Å². The quantitative estimate of drug-likeness (QED) is 0.848. The summed E-state index contributed by atoms with van der Waals surface area (Å²) < 4.78 is 0. The molecule has 0 spiro atoms. The number of hydrogen-bond acceptors (Lipinski definition) is 4. The maximum atomic E-state index is 12.9. The Morgan fingerprint density at radius 3 is 3.05 bits per heavy atom. The predicted octanol–water partition coefficient (Wildman–Crippen LogP) is 0.982. The van der Waals surface area contributed by atoms with Crippen molar-refractivity contribution in [1.29, 1.82) is 0 Å². The van der Waals surface area contributed by atoms with Gasteiger partial charge in [-0.2, -0.15) is 0 Å². The molecule has 0 bridgehead atoms. The molecule has 4 heterocycles. The van der Waals surface area contributed by atoms with E-state index in [1.807, 2.05) is 4.90 Å². The van der Waals surface area contributed by atoms with E-state index in [9.17, 15) is 4.79 Å². The highest BCUT2D eigenvalue weighted by atomic mass is 16.2. The van der Waals surface area contributed by atoms with Gasteiger partial charge in [-0.15, -0.1) is 0 Å². The summed E-state index contributed by atoms with van der Waals surface area (Å²) in [5, 5.41) is 0. The first-order valence-electron chi connectivity index (χ1n) is 7.33. The van der Waals surface area contributed by atoms with E-state index in [0.29, 0.717) is 17.1 Å². The molecule has 2 aromatic heterocycles. The van der Waals surface area contributed by atoms with E-state index < -0.39 is 0 Å². The number of aromatic amines is 1. The lowest BCUT2D eigenvalue weighted by Gasteiger charge is -2.24. The zero-order chi connectivity index (χ0) is 14.6. The van der Waals surface area contributed by atoms with Crippen LogP contribution in [0.25, 0.3) is 11.2 Å². The van der Waals surface area contributed by atoms with Gasteiger partial charge in [0.25, 0.3) is 5.91 Å². The van der Waals surface area contributed by atoms with E-state index in [4.69, 9.17) is 0 Å². The minimum Gasteiger partial charge on any atom is -0.343 e. The molecule has 2 aliphatic rings. The number of hydrogen-bond donors (Lipinski definition) is 1. The number of nitrogens with one attached hydrogen (secondary N) is 1. The van der Waals surface area contributed by atoms with Gasteiger partial charge in [-0.1, -0.05) is 6.92 Å². The van der Waals surface area contributed by atoms with E-state index >= 15 is 0 Å². The summed E-state index contributed by atoms with van der Waals surface area (Å²) >= 11 is 0. The summed E-state index contributed by atoms with van der Waals surface area (Å²) in [7, 11) is 2.16. The summed E-state index contributed by atoms with van der Waals surface area (Å²) in [4.78, 5) is 28.5. The summed E-state index contributed by atoms with van der Waals surface area (Å²) in [5.41, 5.74) is 2.24. The molecular formula is C15H19N5O. The molecule has 21 heavy (non-hydrogen) atoms. The van der Waals surface area contributed by atoms with Gasteiger partial charge >= 0.3 is 0 Å². The van der Waals surface area contributed by atoms with Gasteiger partial charge in [0, 0.05) is 37.8 Å². The zero-order valence-electron chi connectivity index (χ0n) is 12.3. The van der Waals surface area contributed by atoms with Crippen LogP contribution in [0, 0.1) is 11.3 Å². The van der Waals surface area contributed by atoms with E-state index in [1.165, 1.54) is 0 Å². The van der Waals surface area contributed by atoms with E-state index in [1.54, 1.807) is 18.6 Å². The van der Waals surface area contributed by atoms with Crippen molar-refractivity contribution in [2.24, 2.45) is 11.3 Å². The van der Waals surface area contributed by atoms with Crippen molar-refractivity contribution in [2.45, 2.75) is 6.92 Å². The largest absolute Gasteiger partial charge is 0.343 e. The fraction of sp³-hybridized carbons (Fsp3) is 0.533. The molecule has 0 saturated carbocycles. The SMILES string of the molecule is CN1C[C@@H]2CN(C(=O)c3ccnc4nc[nH]c34)C[C@]2(C)C1. The maximum Gasteiger partial charge on any atom is 0.256 e. The topological polar surface area (TPSA) is 65.1 Å². The lowest BCUT2D eigenvalue weighted by atomic mass is 9.83. The number of imidazole rings is 1. The highest BCUT2D eigenvalue weighted by Crippen LogP contribution is 2.41. The van der Waals surface area contributed by atoms with Crippen LogP contribution in [0.5, 0.6) is 0 Å². The number of rotatable bonds is 1. The zero-order valence-corrected chi connectivity index (χ0v) is 12.3. The summed E-state index contributed by atoms with van der Waals surface area (Å²) in [5.74, 6) is 0.662. The second-order valence-electron chi connectivity index (χ2n) is 6.69. The molecule has 2 aliphatic heterocycles. The number of carbonyl (C=O) groups is 1. The molecule has 2 saturated heterocycles. The van der Waals surface area contributed by atoms with Crippen LogP contribution in [0.4, 0.5) is 0 Å². The Hall–Kier alpha value is -1.95. The summed E-state index contributed by atoms with van der Waals surface area (Å²) in [6.07, 6.45) is 3.24. The first kappa shape index (κ1) is 12.8. The van der Waals surface area contributed by atoms with Crippen LogP contribution in [0.2, 0.25) is 0 Å². The van der Waals surface area contributed by atoms with Crippen LogP contribution in [0.15, 0.2) is 18.6 Å². The molecule has 1 amide bonds. The monoisotopic (exact) mass is 285 g/mol. The molecule has 2 fully saturated rings. The molecule has 0 radical (unpaired) electrons. The summed E-state index contributed by atoms with van der Waals surface area (Å²) in [6.45, 7) is 6.12. The van der Waals surface area contributed by atoms with E-state index in [2.05, 4.69) is 33.8 Å². The van der Waals surface area contributed by atoms with E-state index in [-0.39, 0.29) is 11.3 Å². The molecular weight excluding hydrogens is 266 g/mol. The molecule has 4 rings (SSSR count). The molecule has 6 nitrogen and oxygen atoms in total. The second-order valence-corrected chi connectivity index (χ2v) is 6.69. The molecule has 0 unspecified atom stereocenters. The Morgan fingerprint density at radius 1 is 1.38 bits per heavy atom. The standard InChI is InChI=1S/C15H19N5O/c1-15-7-19(2)5-10(15)6-20(8-15)14(21)11-3-4-16-13-12(11)17-9-18-13/h3-4,9-10H,5-8H2,1-2H3,(H,16,17,18)/t10-,15+/m1/s1. The number of H-pyrrole nitrogens is 1. The fourth-order valence-electron chi connectivity index (χ4n) is 3.98.